The van der Waals surface area contributed by atoms with Gasteiger partial charge in [-0.2, -0.15) is 0 Å². The molecule has 0 unspecified atom stereocenters. The molecule has 0 fully saturated rings. The lowest BCUT2D eigenvalue weighted by molar-refractivity contribution is 0.0978. The Morgan fingerprint density at radius 1 is 1.19 bits per heavy atom. The van der Waals surface area contributed by atoms with Gasteiger partial charge in [0.1, 0.15) is 5.82 Å². The van der Waals surface area contributed by atoms with E-state index in [9.17, 15) is 9.18 Å². The summed E-state index contributed by atoms with van der Waals surface area (Å²) >= 11 is 0. The van der Waals surface area contributed by atoms with Crippen LogP contribution in [0.3, 0.4) is 0 Å². The fourth-order valence-corrected chi connectivity index (χ4v) is 1.59. The second kappa shape index (κ2) is 7.12. The summed E-state index contributed by atoms with van der Waals surface area (Å²) in [5, 5.41) is 0. The maximum Gasteiger partial charge on any atom is 0.162 e. The van der Waals surface area contributed by atoms with Crippen molar-refractivity contribution in [2.75, 3.05) is 6.54 Å². The van der Waals surface area contributed by atoms with Gasteiger partial charge in [0, 0.05) is 12.0 Å². The van der Waals surface area contributed by atoms with Crippen molar-refractivity contribution >= 4 is 5.78 Å². The Balaban J connectivity index is 2.30. The number of carbonyl (C=O) groups excluding carboxylic acids is 1. The summed E-state index contributed by atoms with van der Waals surface area (Å²) in [4.78, 5) is 11.6. The Kier molecular flexibility index (Phi) is 5.72. The molecule has 1 aromatic carbocycles. The normalized spacial score (nSPS) is 10.4. The molecule has 2 N–H and O–H groups in total. The van der Waals surface area contributed by atoms with Gasteiger partial charge in [0.2, 0.25) is 0 Å². The van der Waals surface area contributed by atoms with Crippen LogP contribution in [0.2, 0.25) is 0 Å². The molecule has 16 heavy (non-hydrogen) atoms. The molecular weight excluding hydrogens is 205 g/mol. The average molecular weight is 223 g/mol. The number of ketones is 1. The second-order valence-electron chi connectivity index (χ2n) is 3.89. The second-order valence-corrected chi connectivity index (χ2v) is 3.89. The molecule has 0 aliphatic carbocycles. The van der Waals surface area contributed by atoms with E-state index < -0.39 is 0 Å². The average Bonchev–Trinajstić information content (AvgIpc) is 2.28. The molecule has 0 heterocycles. The molecule has 0 atom stereocenters. The number of rotatable bonds is 7. The van der Waals surface area contributed by atoms with E-state index in [0.29, 0.717) is 18.5 Å². The van der Waals surface area contributed by atoms with Crippen LogP contribution >= 0.6 is 0 Å². The predicted molar refractivity (Wildman–Crippen MR) is 62.9 cm³/mol. The number of hydrogen-bond donors (Lipinski definition) is 1. The first-order chi connectivity index (χ1) is 7.74. The van der Waals surface area contributed by atoms with E-state index in [1.807, 2.05) is 0 Å². The fraction of sp³-hybridized carbons (Fsp3) is 0.462. The third-order valence-electron chi connectivity index (χ3n) is 2.50. The number of benzene rings is 1. The molecule has 3 heteroatoms. The van der Waals surface area contributed by atoms with E-state index >= 15 is 0 Å². The fourth-order valence-electron chi connectivity index (χ4n) is 1.59. The lowest BCUT2D eigenvalue weighted by Crippen LogP contribution is -2.00. The van der Waals surface area contributed by atoms with Gasteiger partial charge in [-0.3, -0.25) is 4.79 Å². The molecule has 88 valence electrons. The van der Waals surface area contributed by atoms with Crippen LogP contribution in [0.1, 0.15) is 42.5 Å². The molecule has 0 spiro atoms. The third kappa shape index (κ3) is 4.53. The highest BCUT2D eigenvalue weighted by atomic mass is 19.1. The topological polar surface area (TPSA) is 43.1 Å². The van der Waals surface area contributed by atoms with Gasteiger partial charge >= 0.3 is 0 Å². The molecular formula is C13H18FNO. The molecule has 0 aliphatic heterocycles. The van der Waals surface area contributed by atoms with Gasteiger partial charge in [0.15, 0.2) is 5.78 Å². The number of hydrogen-bond acceptors (Lipinski definition) is 2. The number of Topliss-reactive ketones (excluding diaryl/α,β-unsaturated/α-hetero) is 1. The Labute approximate surface area is 95.7 Å². The predicted octanol–water partition coefficient (Wildman–Crippen LogP) is 2.92. The Morgan fingerprint density at radius 2 is 1.94 bits per heavy atom. The number of unbranched alkanes of at least 4 members (excludes halogenated alkanes) is 3. The zero-order valence-electron chi connectivity index (χ0n) is 9.42. The molecule has 0 amide bonds. The van der Waals surface area contributed by atoms with E-state index in [-0.39, 0.29) is 11.6 Å². The third-order valence-corrected chi connectivity index (χ3v) is 2.50. The quantitative estimate of drug-likeness (QED) is 0.570. The van der Waals surface area contributed by atoms with Crippen LogP contribution in [-0.2, 0) is 0 Å². The Bertz CT molecular complexity index is 338. The van der Waals surface area contributed by atoms with Gasteiger partial charge in [-0.25, -0.2) is 4.39 Å². The monoisotopic (exact) mass is 223 g/mol. The van der Waals surface area contributed by atoms with Crippen molar-refractivity contribution < 1.29 is 9.18 Å². The summed E-state index contributed by atoms with van der Waals surface area (Å²) in [5.41, 5.74) is 5.84. The Hall–Kier alpha value is -1.22. The lowest BCUT2D eigenvalue weighted by atomic mass is 10.0. The van der Waals surface area contributed by atoms with Crippen molar-refractivity contribution in [2.45, 2.75) is 32.1 Å². The van der Waals surface area contributed by atoms with Crippen LogP contribution in [-0.4, -0.2) is 12.3 Å². The van der Waals surface area contributed by atoms with Gasteiger partial charge < -0.3 is 5.73 Å². The van der Waals surface area contributed by atoms with Crippen molar-refractivity contribution in [2.24, 2.45) is 5.73 Å². The van der Waals surface area contributed by atoms with Crippen LogP contribution < -0.4 is 5.73 Å². The maximum atomic E-state index is 12.9. The molecule has 0 aliphatic rings. The smallest absolute Gasteiger partial charge is 0.162 e. The summed E-state index contributed by atoms with van der Waals surface area (Å²) in [6.07, 6.45) is 4.43. The summed E-state index contributed by atoms with van der Waals surface area (Å²) in [6.45, 7) is 0.706. The van der Waals surface area contributed by atoms with E-state index in [0.717, 1.165) is 25.7 Å². The van der Waals surface area contributed by atoms with Crippen molar-refractivity contribution in [3.63, 3.8) is 0 Å². The first-order valence-electron chi connectivity index (χ1n) is 5.73. The van der Waals surface area contributed by atoms with Crippen LogP contribution in [0.25, 0.3) is 0 Å². The minimum absolute atomic E-state index is 0.0206. The molecule has 1 rings (SSSR count). The van der Waals surface area contributed by atoms with Gasteiger partial charge in [-0.15, -0.1) is 0 Å². The standard InChI is InChI=1S/C13H18FNO/c14-12-7-5-6-11(10-12)13(16)8-3-1-2-4-9-15/h5-7,10H,1-4,8-9,15H2. The lowest BCUT2D eigenvalue weighted by Gasteiger charge is -2.01. The minimum atomic E-state index is -0.353. The molecule has 2 nitrogen and oxygen atoms in total. The van der Waals surface area contributed by atoms with Crippen molar-refractivity contribution in [1.29, 1.82) is 0 Å². The molecule has 1 aromatic rings. The largest absolute Gasteiger partial charge is 0.330 e. The highest BCUT2D eigenvalue weighted by Crippen LogP contribution is 2.10. The van der Waals surface area contributed by atoms with Gasteiger partial charge in [0.05, 0.1) is 0 Å². The van der Waals surface area contributed by atoms with Crippen LogP contribution in [0.4, 0.5) is 4.39 Å². The first-order valence-corrected chi connectivity index (χ1v) is 5.73. The number of nitrogens with two attached hydrogens (primary N) is 1. The summed E-state index contributed by atoms with van der Waals surface area (Å²) in [5.74, 6) is -0.332. The van der Waals surface area contributed by atoms with Crippen LogP contribution in [0, 0.1) is 5.82 Å². The number of carbonyl (C=O) groups is 1. The van der Waals surface area contributed by atoms with Crippen molar-refractivity contribution in [3.05, 3.63) is 35.6 Å². The highest BCUT2D eigenvalue weighted by molar-refractivity contribution is 5.95. The molecule has 0 saturated carbocycles. The summed E-state index contributed by atoms with van der Waals surface area (Å²) in [7, 11) is 0. The maximum absolute atomic E-state index is 12.9. The van der Waals surface area contributed by atoms with Gasteiger partial charge in [-0.05, 0) is 31.5 Å². The van der Waals surface area contributed by atoms with Gasteiger partial charge in [0.25, 0.3) is 0 Å². The van der Waals surface area contributed by atoms with Crippen molar-refractivity contribution in [1.82, 2.24) is 0 Å². The molecule has 0 radical (unpaired) electrons. The van der Waals surface area contributed by atoms with Gasteiger partial charge in [-0.1, -0.05) is 25.0 Å². The summed E-state index contributed by atoms with van der Waals surface area (Å²) in [6, 6.07) is 5.86. The molecule has 0 bridgehead atoms. The Morgan fingerprint density at radius 3 is 2.62 bits per heavy atom. The number of halogens is 1. The SMILES string of the molecule is NCCCCCCC(=O)c1cccc(F)c1. The van der Waals surface area contributed by atoms with E-state index in [2.05, 4.69) is 0 Å². The van der Waals surface area contributed by atoms with E-state index in [4.69, 9.17) is 5.73 Å². The van der Waals surface area contributed by atoms with E-state index in [1.165, 1.54) is 12.1 Å². The zero-order valence-corrected chi connectivity index (χ0v) is 9.42. The highest BCUT2D eigenvalue weighted by Gasteiger charge is 2.05. The zero-order chi connectivity index (χ0) is 11.8. The van der Waals surface area contributed by atoms with E-state index in [1.54, 1.807) is 12.1 Å². The first kappa shape index (κ1) is 12.8. The minimum Gasteiger partial charge on any atom is -0.330 e. The summed E-state index contributed by atoms with van der Waals surface area (Å²) < 4.78 is 12.9. The molecule has 0 saturated heterocycles. The van der Waals surface area contributed by atoms with Crippen LogP contribution in [0.15, 0.2) is 24.3 Å². The van der Waals surface area contributed by atoms with Crippen LogP contribution in [0.5, 0.6) is 0 Å². The molecule has 0 aromatic heterocycles. The van der Waals surface area contributed by atoms with Crippen molar-refractivity contribution in [3.8, 4) is 0 Å².